The summed E-state index contributed by atoms with van der Waals surface area (Å²) < 4.78 is 2.94. The third-order valence-electron chi connectivity index (χ3n) is 4.45. The third-order valence-corrected chi connectivity index (χ3v) is 5.93. The van der Waals surface area contributed by atoms with Gasteiger partial charge in [-0.15, -0.1) is 0 Å². The number of halogens is 3. The average molecular weight is 625 g/mol. The minimum atomic E-state index is 0.635. The smallest absolute Gasteiger partial charge is 0.164 e. The summed E-state index contributed by atoms with van der Waals surface area (Å²) in [5.74, 6) is 1.91. The molecule has 5 rings (SSSR count). The van der Waals surface area contributed by atoms with Crippen molar-refractivity contribution in [2.24, 2.45) is 0 Å². The second-order valence-electron chi connectivity index (χ2n) is 6.86. The highest BCUT2D eigenvalue weighted by molar-refractivity contribution is 9.11. The summed E-state index contributed by atoms with van der Waals surface area (Å²) in [6.07, 6.45) is 3.50. The first-order valence-corrected chi connectivity index (χ1v) is 12.4. The standard InChI is InChI=1S/C21H12Br3N3.C5H5N/c22-16-7-1-4-13(10-16)19-25-20(14-5-2-8-17(23)11-14)27-21(26-19)15-6-3-9-18(24)12-15;1-2-4-6-5-3-1/h1-12H;1-5H. The van der Waals surface area contributed by atoms with Gasteiger partial charge in [-0.05, 0) is 48.5 Å². The lowest BCUT2D eigenvalue weighted by Gasteiger charge is -2.09. The van der Waals surface area contributed by atoms with Crippen molar-refractivity contribution >= 4 is 47.8 Å². The molecule has 0 saturated heterocycles. The van der Waals surface area contributed by atoms with Crippen molar-refractivity contribution < 1.29 is 0 Å². The van der Waals surface area contributed by atoms with Crippen LogP contribution in [0.1, 0.15) is 0 Å². The van der Waals surface area contributed by atoms with E-state index < -0.39 is 0 Å². The molecule has 2 aromatic heterocycles. The summed E-state index contributed by atoms with van der Waals surface area (Å²) in [6.45, 7) is 0. The topological polar surface area (TPSA) is 51.6 Å². The van der Waals surface area contributed by atoms with Crippen molar-refractivity contribution in [3.8, 4) is 34.2 Å². The molecule has 0 radical (unpaired) electrons. The van der Waals surface area contributed by atoms with Gasteiger partial charge >= 0.3 is 0 Å². The zero-order valence-corrected chi connectivity index (χ0v) is 22.0. The molecule has 0 fully saturated rings. The summed E-state index contributed by atoms with van der Waals surface area (Å²) in [5.41, 5.74) is 2.79. The maximum atomic E-state index is 4.73. The minimum absolute atomic E-state index is 0.635. The highest BCUT2D eigenvalue weighted by Crippen LogP contribution is 2.28. The molecule has 162 valence electrons. The molecule has 5 aromatic rings. The minimum Gasteiger partial charge on any atom is -0.265 e. The lowest BCUT2D eigenvalue weighted by molar-refractivity contribution is 1.07. The molecule has 0 spiro atoms. The fraction of sp³-hybridized carbons (Fsp3) is 0. The first kappa shape index (κ1) is 23.4. The summed E-state index contributed by atoms with van der Waals surface area (Å²) in [6, 6.07) is 29.6. The Morgan fingerprint density at radius 1 is 0.424 bits per heavy atom. The highest BCUT2D eigenvalue weighted by atomic mass is 79.9. The molecule has 3 aromatic carbocycles. The van der Waals surface area contributed by atoms with E-state index in [0.717, 1.165) is 30.1 Å². The average Bonchev–Trinajstić information content (AvgIpc) is 2.85. The van der Waals surface area contributed by atoms with Crippen molar-refractivity contribution in [1.82, 2.24) is 19.9 Å². The fourth-order valence-corrected chi connectivity index (χ4v) is 4.16. The number of rotatable bonds is 3. The molecule has 4 nitrogen and oxygen atoms in total. The Kier molecular flexibility index (Phi) is 8.10. The molecular weight excluding hydrogens is 608 g/mol. The molecule has 0 unspecified atom stereocenters. The summed E-state index contributed by atoms with van der Waals surface area (Å²) >= 11 is 10.6. The monoisotopic (exact) mass is 622 g/mol. The van der Waals surface area contributed by atoms with E-state index in [-0.39, 0.29) is 0 Å². The van der Waals surface area contributed by atoms with E-state index in [0.29, 0.717) is 17.5 Å². The van der Waals surface area contributed by atoms with Gasteiger partial charge < -0.3 is 0 Å². The second kappa shape index (κ2) is 11.4. The van der Waals surface area contributed by atoms with Gasteiger partial charge in [-0.1, -0.05) is 90.3 Å². The number of benzene rings is 3. The fourth-order valence-electron chi connectivity index (χ4n) is 2.96. The first-order valence-electron chi connectivity index (χ1n) is 9.97. The predicted molar refractivity (Wildman–Crippen MR) is 143 cm³/mol. The van der Waals surface area contributed by atoms with E-state index in [1.807, 2.05) is 91.0 Å². The Morgan fingerprint density at radius 3 is 1.03 bits per heavy atom. The molecule has 0 amide bonds. The molecule has 2 heterocycles. The normalized spacial score (nSPS) is 10.3. The number of hydrogen-bond donors (Lipinski definition) is 0. The van der Waals surface area contributed by atoms with Crippen LogP contribution in [0, 0.1) is 0 Å². The summed E-state index contributed by atoms with van der Waals surface area (Å²) in [4.78, 5) is 18.0. The molecule has 7 heteroatoms. The van der Waals surface area contributed by atoms with Crippen LogP contribution in [0.25, 0.3) is 34.2 Å². The molecule has 0 atom stereocenters. The predicted octanol–water partition coefficient (Wildman–Crippen LogP) is 8.24. The van der Waals surface area contributed by atoms with E-state index in [2.05, 4.69) is 52.8 Å². The molecule has 0 aliphatic carbocycles. The lowest BCUT2D eigenvalue weighted by Crippen LogP contribution is -2.00. The highest BCUT2D eigenvalue weighted by Gasteiger charge is 2.13. The van der Waals surface area contributed by atoms with Crippen molar-refractivity contribution in [2.45, 2.75) is 0 Å². The lowest BCUT2D eigenvalue weighted by atomic mass is 10.1. The maximum absolute atomic E-state index is 4.73. The Balaban J connectivity index is 0.000000376. The van der Waals surface area contributed by atoms with Crippen LogP contribution in [0.5, 0.6) is 0 Å². The largest absolute Gasteiger partial charge is 0.265 e. The number of aromatic nitrogens is 4. The second-order valence-corrected chi connectivity index (χ2v) is 9.61. The van der Waals surface area contributed by atoms with Gasteiger partial charge in [0.1, 0.15) is 0 Å². The Labute approximate surface area is 217 Å². The molecule has 0 saturated carbocycles. The van der Waals surface area contributed by atoms with Crippen LogP contribution in [-0.4, -0.2) is 19.9 Å². The molecule has 33 heavy (non-hydrogen) atoms. The summed E-state index contributed by atoms with van der Waals surface area (Å²) in [7, 11) is 0. The van der Waals surface area contributed by atoms with Crippen LogP contribution in [0.3, 0.4) is 0 Å². The van der Waals surface area contributed by atoms with Crippen LogP contribution in [0.15, 0.2) is 117 Å². The number of nitrogens with zero attached hydrogens (tertiary/aromatic N) is 4. The summed E-state index contributed by atoms with van der Waals surface area (Å²) in [5, 5.41) is 0. The Morgan fingerprint density at radius 2 is 0.788 bits per heavy atom. The molecule has 0 bridgehead atoms. The molecule has 0 N–H and O–H groups in total. The van der Waals surface area contributed by atoms with E-state index in [1.165, 1.54) is 0 Å². The zero-order chi connectivity index (χ0) is 23.0. The van der Waals surface area contributed by atoms with E-state index in [4.69, 9.17) is 15.0 Å². The van der Waals surface area contributed by atoms with Crippen LogP contribution in [-0.2, 0) is 0 Å². The van der Waals surface area contributed by atoms with E-state index in [9.17, 15) is 0 Å². The van der Waals surface area contributed by atoms with Crippen LogP contribution < -0.4 is 0 Å². The van der Waals surface area contributed by atoms with Crippen molar-refractivity contribution in [1.29, 1.82) is 0 Å². The number of hydrogen-bond acceptors (Lipinski definition) is 4. The van der Waals surface area contributed by atoms with Crippen LogP contribution >= 0.6 is 47.8 Å². The first-order chi connectivity index (χ1) is 16.1. The van der Waals surface area contributed by atoms with Gasteiger partial charge in [0.15, 0.2) is 17.5 Å². The molecular formula is C26H17Br3N4. The van der Waals surface area contributed by atoms with Crippen molar-refractivity contribution in [2.75, 3.05) is 0 Å². The van der Waals surface area contributed by atoms with Gasteiger partial charge in [0.2, 0.25) is 0 Å². The van der Waals surface area contributed by atoms with E-state index >= 15 is 0 Å². The Hall–Kier alpha value is -2.74. The van der Waals surface area contributed by atoms with Crippen LogP contribution in [0.4, 0.5) is 0 Å². The van der Waals surface area contributed by atoms with Gasteiger partial charge in [-0.25, -0.2) is 15.0 Å². The van der Waals surface area contributed by atoms with Gasteiger partial charge in [-0.2, -0.15) is 0 Å². The van der Waals surface area contributed by atoms with Gasteiger partial charge in [-0.3, -0.25) is 4.98 Å². The van der Waals surface area contributed by atoms with Crippen LogP contribution in [0.2, 0.25) is 0 Å². The SMILES string of the molecule is Brc1cccc(-c2nc(-c3cccc(Br)c3)nc(-c3cccc(Br)c3)n2)c1.c1ccncc1. The van der Waals surface area contributed by atoms with Gasteiger partial charge in [0.05, 0.1) is 0 Å². The molecule has 0 aliphatic rings. The Bertz CT molecular complexity index is 1180. The van der Waals surface area contributed by atoms with Gasteiger partial charge in [0.25, 0.3) is 0 Å². The van der Waals surface area contributed by atoms with Crippen molar-refractivity contribution in [3.05, 3.63) is 117 Å². The number of pyridine rings is 1. The third kappa shape index (κ3) is 6.63. The van der Waals surface area contributed by atoms with Gasteiger partial charge in [0, 0.05) is 42.5 Å². The zero-order valence-electron chi connectivity index (χ0n) is 17.2. The quantitative estimate of drug-likeness (QED) is 0.203. The van der Waals surface area contributed by atoms with E-state index in [1.54, 1.807) is 12.4 Å². The molecule has 0 aliphatic heterocycles. The van der Waals surface area contributed by atoms with Crippen molar-refractivity contribution in [3.63, 3.8) is 0 Å². The maximum Gasteiger partial charge on any atom is 0.164 e.